The smallest absolute Gasteiger partial charge is 0.252 e. The number of H-pyrrole nitrogens is 1. The second-order valence-corrected chi connectivity index (χ2v) is 3.59. The lowest BCUT2D eigenvalue weighted by molar-refractivity contribution is 0.315. The summed E-state index contributed by atoms with van der Waals surface area (Å²) in [5.74, 6) is 0. The van der Waals surface area contributed by atoms with Gasteiger partial charge in [-0.25, -0.2) is 0 Å². The minimum absolute atomic E-state index is 0.0567. The van der Waals surface area contributed by atoms with Gasteiger partial charge < -0.3 is 4.98 Å². The lowest BCUT2D eigenvalue weighted by Gasteiger charge is -2.18. The molecule has 0 radical (unpaired) electrons. The molecule has 0 amide bonds. The summed E-state index contributed by atoms with van der Waals surface area (Å²) in [5.41, 5.74) is 0.962. The number of hydrogen-bond acceptors (Lipinski definition) is 2. The molecule has 0 saturated carbocycles. The van der Waals surface area contributed by atoms with E-state index in [0.717, 1.165) is 18.5 Å². The first-order valence-corrected chi connectivity index (χ1v) is 4.67. The van der Waals surface area contributed by atoms with Crippen LogP contribution in [0.2, 0.25) is 0 Å². The van der Waals surface area contributed by atoms with Gasteiger partial charge in [0.2, 0.25) is 0 Å². The Kier molecular flexibility index (Phi) is 2.19. The van der Waals surface area contributed by atoms with E-state index in [1.807, 2.05) is 12.1 Å². The molecule has 2 heterocycles. The average Bonchev–Trinajstić information content (AvgIpc) is 2.52. The molecule has 1 unspecified atom stereocenters. The van der Waals surface area contributed by atoms with Crippen LogP contribution in [0.1, 0.15) is 24.4 Å². The van der Waals surface area contributed by atoms with Crippen LogP contribution in [0.4, 0.5) is 0 Å². The van der Waals surface area contributed by atoms with Gasteiger partial charge in [-0.05, 0) is 32.5 Å². The highest BCUT2D eigenvalue weighted by molar-refractivity contribution is 5.15. The zero-order valence-corrected chi connectivity index (χ0v) is 7.79. The van der Waals surface area contributed by atoms with E-state index in [4.69, 9.17) is 0 Å². The molecule has 0 aliphatic carbocycles. The number of nitrogens with one attached hydrogen (secondary N) is 1. The fourth-order valence-corrected chi connectivity index (χ4v) is 2.00. The van der Waals surface area contributed by atoms with Crippen LogP contribution in [0.3, 0.4) is 0 Å². The Labute approximate surface area is 77.4 Å². The Hall–Kier alpha value is -1.09. The van der Waals surface area contributed by atoms with E-state index in [-0.39, 0.29) is 5.56 Å². The zero-order valence-electron chi connectivity index (χ0n) is 7.79. The fourth-order valence-electron chi connectivity index (χ4n) is 2.00. The molecule has 1 aromatic rings. The topological polar surface area (TPSA) is 36.1 Å². The molecule has 0 spiro atoms. The molecule has 1 aliphatic rings. The van der Waals surface area contributed by atoms with Gasteiger partial charge in [0.1, 0.15) is 0 Å². The van der Waals surface area contributed by atoms with Gasteiger partial charge in [0.15, 0.2) is 0 Å². The maximum absolute atomic E-state index is 11.5. The van der Waals surface area contributed by atoms with Crippen LogP contribution in [-0.2, 0) is 0 Å². The highest BCUT2D eigenvalue weighted by atomic mass is 16.1. The third kappa shape index (κ3) is 1.52. The Morgan fingerprint density at radius 3 is 3.08 bits per heavy atom. The molecule has 1 saturated heterocycles. The molecular weight excluding hydrogens is 164 g/mol. The van der Waals surface area contributed by atoms with Gasteiger partial charge in [-0.1, -0.05) is 6.07 Å². The predicted molar refractivity (Wildman–Crippen MR) is 51.7 cm³/mol. The summed E-state index contributed by atoms with van der Waals surface area (Å²) >= 11 is 0. The molecule has 3 heteroatoms. The van der Waals surface area contributed by atoms with E-state index >= 15 is 0 Å². The van der Waals surface area contributed by atoms with Crippen LogP contribution >= 0.6 is 0 Å². The number of pyridine rings is 1. The number of nitrogens with zero attached hydrogens (tertiary/aromatic N) is 1. The van der Waals surface area contributed by atoms with Crippen molar-refractivity contribution in [3.63, 3.8) is 0 Å². The maximum atomic E-state index is 11.5. The molecule has 1 fully saturated rings. The van der Waals surface area contributed by atoms with Gasteiger partial charge in [0, 0.05) is 17.8 Å². The number of aromatic amines is 1. The molecular formula is C10H14N2O. The lowest BCUT2D eigenvalue weighted by Crippen LogP contribution is -2.24. The molecule has 0 aromatic carbocycles. The first-order valence-electron chi connectivity index (χ1n) is 4.67. The standard InChI is InChI=1S/C10H14N2O/c1-12-7-3-5-9(12)8-4-2-6-11-10(8)13/h2,4,6,9H,3,5,7H2,1H3,(H,11,13). The molecule has 2 rings (SSSR count). The third-order valence-corrected chi connectivity index (χ3v) is 2.73. The Bertz CT molecular complexity index is 345. The van der Waals surface area contributed by atoms with Crippen LogP contribution in [0, 0.1) is 0 Å². The largest absolute Gasteiger partial charge is 0.329 e. The SMILES string of the molecule is CN1CCCC1c1ccc[nH]c1=O. The predicted octanol–water partition coefficient (Wildman–Crippen LogP) is 1.14. The summed E-state index contributed by atoms with van der Waals surface area (Å²) in [6.45, 7) is 1.10. The van der Waals surface area contributed by atoms with Crippen molar-refractivity contribution in [3.05, 3.63) is 34.2 Å². The number of rotatable bonds is 1. The van der Waals surface area contributed by atoms with Gasteiger partial charge in [-0.15, -0.1) is 0 Å². The summed E-state index contributed by atoms with van der Waals surface area (Å²) in [4.78, 5) is 16.4. The van der Waals surface area contributed by atoms with Gasteiger partial charge in [-0.2, -0.15) is 0 Å². The van der Waals surface area contributed by atoms with Crippen molar-refractivity contribution in [2.75, 3.05) is 13.6 Å². The van der Waals surface area contributed by atoms with Crippen LogP contribution in [0.15, 0.2) is 23.1 Å². The van der Waals surface area contributed by atoms with Crippen molar-refractivity contribution < 1.29 is 0 Å². The second kappa shape index (κ2) is 3.34. The summed E-state index contributed by atoms with van der Waals surface area (Å²) in [7, 11) is 2.07. The molecule has 13 heavy (non-hydrogen) atoms. The minimum atomic E-state index is 0.0567. The van der Waals surface area contributed by atoms with Crippen molar-refractivity contribution in [2.24, 2.45) is 0 Å². The molecule has 0 bridgehead atoms. The van der Waals surface area contributed by atoms with Gasteiger partial charge in [-0.3, -0.25) is 9.69 Å². The van der Waals surface area contributed by atoms with E-state index in [2.05, 4.69) is 16.9 Å². The highest BCUT2D eigenvalue weighted by Crippen LogP contribution is 2.27. The van der Waals surface area contributed by atoms with Gasteiger partial charge >= 0.3 is 0 Å². The second-order valence-electron chi connectivity index (χ2n) is 3.59. The quantitative estimate of drug-likeness (QED) is 0.700. The molecule has 1 N–H and O–H groups in total. The summed E-state index contributed by atoms with van der Waals surface area (Å²) in [5, 5.41) is 0. The molecule has 1 aliphatic heterocycles. The molecule has 3 nitrogen and oxygen atoms in total. The minimum Gasteiger partial charge on any atom is -0.329 e. The molecule has 1 aromatic heterocycles. The molecule has 1 atom stereocenters. The normalized spacial score (nSPS) is 23.6. The highest BCUT2D eigenvalue weighted by Gasteiger charge is 2.24. The summed E-state index contributed by atoms with van der Waals surface area (Å²) in [6.07, 6.45) is 3.97. The van der Waals surface area contributed by atoms with Gasteiger partial charge in [0.25, 0.3) is 5.56 Å². The van der Waals surface area contributed by atoms with E-state index in [1.54, 1.807) is 6.20 Å². The van der Waals surface area contributed by atoms with E-state index in [9.17, 15) is 4.79 Å². The Morgan fingerprint density at radius 2 is 2.46 bits per heavy atom. The van der Waals surface area contributed by atoms with Crippen molar-refractivity contribution in [1.29, 1.82) is 0 Å². The van der Waals surface area contributed by atoms with Crippen LogP contribution in [0.25, 0.3) is 0 Å². The summed E-state index contributed by atoms with van der Waals surface area (Å²) in [6, 6.07) is 4.14. The van der Waals surface area contributed by atoms with Crippen molar-refractivity contribution in [3.8, 4) is 0 Å². The average molecular weight is 178 g/mol. The van der Waals surface area contributed by atoms with E-state index in [0.29, 0.717) is 6.04 Å². The van der Waals surface area contributed by atoms with Crippen LogP contribution in [-0.4, -0.2) is 23.5 Å². The van der Waals surface area contributed by atoms with E-state index in [1.165, 1.54) is 6.42 Å². The monoisotopic (exact) mass is 178 g/mol. The Morgan fingerprint density at radius 1 is 1.62 bits per heavy atom. The van der Waals surface area contributed by atoms with Crippen molar-refractivity contribution in [2.45, 2.75) is 18.9 Å². The van der Waals surface area contributed by atoms with E-state index < -0.39 is 0 Å². The van der Waals surface area contributed by atoms with Crippen LogP contribution < -0.4 is 5.56 Å². The van der Waals surface area contributed by atoms with Crippen molar-refractivity contribution in [1.82, 2.24) is 9.88 Å². The van der Waals surface area contributed by atoms with Crippen LogP contribution in [0.5, 0.6) is 0 Å². The van der Waals surface area contributed by atoms with Gasteiger partial charge in [0.05, 0.1) is 0 Å². The number of aromatic nitrogens is 1. The van der Waals surface area contributed by atoms with Crippen molar-refractivity contribution >= 4 is 0 Å². The Balaban J connectivity index is 2.35. The third-order valence-electron chi connectivity index (χ3n) is 2.73. The first-order chi connectivity index (χ1) is 6.29. The fraction of sp³-hybridized carbons (Fsp3) is 0.500. The zero-order chi connectivity index (χ0) is 9.26. The number of hydrogen-bond donors (Lipinski definition) is 1. The lowest BCUT2D eigenvalue weighted by atomic mass is 10.1. The first kappa shape index (κ1) is 8.51. The molecule has 70 valence electrons. The maximum Gasteiger partial charge on any atom is 0.252 e. The summed E-state index contributed by atoms with van der Waals surface area (Å²) < 4.78 is 0. The number of likely N-dealkylation sites (tertiary alicyclic amines) is 1.